The number of hydrogen-bond donors (Lipinski definition) is 0. The van der Waals surface area contributed by atoms with Gasteiger partial charge in [0, 0.05) is 0 Å². The summed E-state index contributed by atoms with van der Waals surface area (Å²) in [6.45, 7) is 33.3. The van der Waals surface area contributed by atoms with Gasteiger partial charge in [-0.2, -0.15) is 0 Å². The van der Waals surface area contributed by atoms with Crippen LogP contribution in [0.2, 0.25) is 29.8 Å². The summed E-state index contributed by atoms with van der Waals surface area (Å²) in [5.74, 6) is 0.611. The molecule has 7 rings (SSSR count). The molecule has 0 nitrogen and oxygen atoms in total. The summed E-state index contributed by atoms with van der Waals surface area (Å²) in [4.78, 5) is 0. The van der Waals surface area contributed by atoms with Gasteiger partial charge in [0.05, 0.1) is 0 Å². The first-order chi connectivity index (χ1) is 18.9. The molecule has 0 N–H and O–H groups in total. The van der Waals surface area contributed by atoms with Crippen LogP contribution in [0.15, 0.2) is 93.9 Å². The summed E-state index contributed by atoms with van der Waals surface area (Å²) < 4.78 is 0.0790. The van der Waals surface area contributed by atoms with Crippen LogP contribution in [0, 0.1) is 43.8 Å². The van der Waals surface area contributed by atoms with E-state index in [1.165, 1.54) is 6.42 Å². The van der Waals surface area contributed by atoms with Crippen LogP contribution in [0.25, 0.3) is 0 Å². The number of hydrogen-bond acceptors (Lipinski definition) is 0. The van der Waals surface area contributed by atoms with E-state index in [-0.39, 0.29) is 62.7 Å². The van der Waals surface area contributed by atoms with Gasteiger partial charge in [-0.1, -0.05) is 0 Å². The summed E-state index contributed by atoms with van der Waals surface area (Å²) >= 11 is -2.96. The molecule has 6 aliphatic carbocycles. The second kappa shape index (κ2) is 9.24. The topological polar surface area (TPSA) is 0 Å². The van der Waals surface area contributed by atoms with Crippen molar-refractivity contribution in [2.24, 2.45) is 43.8 Å². The van der Waals surface area contributed by atoms with E-state index in [1.54, 1.807) is 5.57 Å². The number of halogens is 2. The molecule has 0 amide bonds. The Morgan fingerprint density at radius 3 is 1.63 bits per heavy atom. The maximum Gasteiger partial charge on any atom is -1.00 e. The molecule has 3 fully saturated rings. The fraction of sp³-hybridized carbons (Fsp3) is 0.579. The third-order valence-corrected chi connectivity index (χ3v) is 132. The quantitative estimate of drug-likeness (QED) is 0.361. The average Bonchev–Trinajstić information content (AvgIpc) is 3.33. The molecule has 1 aliphatic heterocycles. The summed E-state index contributed by atoms with van der Waals surface area (Å²) in [7, 11) is 0. The second-order valence-corrected chi connectivity index (χ2v) is 76.6. The van der Waals surface area contributed by atoms with Crippen molar-refractivity contribution in [3.63, 3.8) is 0 Å². The van der Waals surface area contributed by atoms with Crippen molar-refractivity contribution < 1.29 is 43.4 Å². The van der Waals surface area contributed by atoms with Crippen LogP contribution in [-0.4, -0.2) is 9.44 Å². The standard InChI is InChI=1S/C29H37.C5H5.C4H12Si2.2ClH.Zr/c1-21-14-13-15-22-20-27(6)25(4)18-10-9-16-23(25,2)24(3)17-11-12-19-26(24,5)29(27,8)28(21,22)7;1-2-4-5-3-1;1-5(2)6(3)4;;;/h9-20,22H,1-8H3;1-3H,4H2;1-4H3;2*1H;/q;;;;;+2/p-2. The first kappa shape index (κ1) is 34.2. The molecule has 2 saturated carbocycles. The third-order valence-electron chi connectivity index (χ3n) is 17.7. The van der Waals surface area contributed by atoms with E-state index >= 15 is 0 Å². The molecule has 0 spiro atoms. The Morgan fingerprint density at radius 2 is 1.14 bits per heavy atom. The van der Waals surface area contributed by atoms with E-state index in [1.807, 2.05) is 3.28 Å². The predicted molar refractivity (Wildman–Crippen MR) is 180 cm³/mol. The molecule has 0 aromatic rings. The van der Waals surface area contributed by atoms with Crippen LogP contribution in [0.1, 0.15) is 61.8 Å². The van der Waals surface area contributed by atoms with Gasteiger partial charge in [-0.05, 0) is 0 Å². The van der Waals surface area contributed by atoms with E-state index in [4.69, 9.17) is 0 Å². The number of fused-ring (bicyclic) bond motifs is 8. The zero-order valence-electron chi connectivity index (χ0n) is 28.7. The van der Waals surface area contributed by atoms with Crippen molar-refractivity contribution in [1.82, 2.24) is 0 Å². The minimum absolute atomic E-state index is 0. The molecule has 232 valence electrons. The van der Waals surface area contributed by atoms with Crippen LogP contribution in [0.5, 0.6) is 0 Å². The molecule has 9 atom stereocenters. The predicted octanol–water partition coefficient (Wildman–Crippen LogP) is 4.74. The average molecular weight is 729 g/mol. The van der Waals surface area contributed by atoms with Gasteiger partial charge >= 0.3 is 257 Å². The summed E-state index contributed by atoms with van der Waals surface area (Å²) in [5, 5.41) is 0. The maximum atomic E-state index is 2.90. The van der Waals surface area contributed by atoms with E-state index in [2.05, 4.69) is 167 Å². The van der Waals surface area contributed by atoms with E-state index in [9.17, 15) is 0 Å². The summed E-state index contributed by atoms with van der Waals surface area (Å²) in [5.41, 5.74) is 1.94. The van der Waals surface area contributed by atoms with Gasteiger partial charge in [0.1, 0.15) is 0 Å². The van der Waals surface area contributed by atoms with E-state index in [0.717, 1.165) is 3.63 Å². The molecule has 1 heterocycles. The van der Waals surface area contributed by atoms with Gasteiger partial charge in [0.2, 0.25) is 0 Å². The third kappa shape index (κ3) is 2.84. The molecule has 9 unspecified atom stereocenters. The monoisotopic (exact) mass is 726 g/mol. The zero-order valence-corrected chi connectivity index (χ0v) is 34.7. The smallest absolute Gasteiger partial charge is 1.00 e. The number of rotatable bonds is 2. The Morgan fingerprint density at radius 1 is 0.651 bits per heavy atom. The number of allylic oxidation sites excluding steroid dienone is 16. The Kier molecular flexibility index (Phi) is 7.34. The molecule has 0 aromatic heterocycles. The van der Waals surface area contributed by atoms with Crippen LogP contribution >= 0.6 is 0 Å². The molecule has 7 aliphatic rings. The van der Waals surface area contributed by atoms with Gasteiger partial charge in [-0.3, -0.25) is 0 Å². The van der Waals surface area contributed by atoms with Crippen molar-refractivity contribution in [2.75, 3.05) is 0 Å². The molecular formula is C38H54Cl2Si2Zr. The largest absolute Gasteiger partial charge is 1.00 e. The Hall–Kier alpha value is -0.183. The first-order valence-corrected chi connectivity index (χ1v) is 33.4. The van der Waals surface area contributed by atoms with Crippen molar-refractivity contribution in [3.05, 3.63) is 93.9 Å². The fourth-order valence-corrected chi connectivity index (χ4v) is 184. The molecule has 0 radical (unpaired) electrons. The van der Waals surface area contributed by atoms with Gasteiger partial charge < -0.3 is 24.8 Å². The Labute approximate surface area is 280 Å². The van der Waals surface area contributed by atoms with Crippen LogP contribution in [0.4, 0.5) is 0 Å². The molecule has 0 bridgehead atoms. The maximum absolute atomic E-state index is 2.96. The second-order valence-electron chi connectivity index (χ2n) is 17.4. The van der Waals surface area contributed by atoms with Crippen molar-refractivity contribution >= 4 is 9.44 Å². The Bertz CT molecular complexity index is 1510. The summed E-state index contributed by atoms with van der Waals surface area (Å²) in [6.07, 6.45) is 37.1. The fourth-order valence-electron chi connectivity index (χ4n) is 14.3. The van der Waals surface area contributed by atoms with Gasteiger partial charge in [0.15, 0.2) is 0 Å². The molecule has 1 saturated heterocycles. The van der Waals surface area contributed by atoms with Crippen molar-refractivity contribution in [3.8, 4) is 0 Å². The Balaban J connectivity index is 0.00000184. The van der Waals surface area contributed by atoms with Crippen LogP contribution in [-0.2, 0) is 18.6 Å². The van der Waals surface area contributed by atoms with E-state index < -0.39 is 28.0 Å². The van der Waals surface area contributed by atoms with Crippen LogP contribution < -0.4 is 24.8 Å². The van der Waals surface area contributed by atoms with Crippen molar-refractivity contribution in [2.45, 2.75) is 91.6 Å². The minimum atomic E-state index is -2.96. The van der Waals surface area contributed by atoms with Crippen molar-refractivity contribution in [1.29, 1.82) is 0 Å². The molecule has 43 heavy (non-hydrogen) atoms. The van der Waals surface area contributed by atoms with Gasteiger partial charge in [-0.15, -0.1) is 0 Å². The van der Waals surface area contributed by atoms with Gasteiger partial charge in [-0.25, -0.2) is 0 Å². The molecule has 5 heteroatoms. The normalized spacial score (nSPS) is 50.5. The molecule has 0 aromatic carbocycles. The van der Waals surface area contributed by atoms with Gasteiger partial charge in [0.25, 0.3) is 0 Å². The summed E-state index contributed by atoms with van der Waals surface area (Å²) in [6, 6.07) is 0. The molecular weight excluding hydrogens is 675 g/mol. The van der Waals surface area contributed by atoms with Crippen LogP contribution in [0.3, 0.4) is 0 Å². The van der Waals surface area contributed by atoms with E-state index in [0.29, 0.717) is 5.92 Å². The minimum Gasteiger partial charge on any atom is -1.00 e. The zero-order chi connectivity index (χ0) is 29.9. The first-order valence-electron chi connectivity index (χ1n) is 16.4. The SMILES string of the molecule is CC1=CC=CC2[CH]([Zr+2]3([C]4=CC=CC4)[Si](C)(C)[Si]3(C)C)C3(C)C4(C)C=CC=CC4(C)C4(C)C=CC=CC4(C)C3(C)C12C.[Cl-].[Cl-].